The Morgan fingerprint density at radius 1 is 1.12 bits per heavy atom. The van der Waals surface area contributed by atoms with E-state index in [-0.39, 0.29) is 24.7 Å². The van der Waals surface area contributed by atoms with Gasteiger partial charge in [-0.25, -0.2) is 4.90 Å². The molecule has 1 aliphatic heterocycles. The number of hydrogen-bond acceptors (Lipinski definition) is 4. The molecule has 0 spiro atoms. The van der Waals surface area contributed by atoms with Crippen LogP contribution in [0.4, 0.5) is 11.4 Å². The van der Waals surface area contributed by atoms with E-state index in [4.69, 9.17) is 16.7 Å². The number of aliphatic carboxylic acids is 1. The van der Waals surface area contributed by atoms with Crippen LogP contribution in [0, 0.1) is 0 Å². The SMILES string of the molecule is O=C(O)Cc1ccc(NC2CC(=O)N(c3ccc(Cl)cc3)C2=O)cc1. The van der Waals surface area contributed by atoms with Gasteiger partial charge in [0.15, 0.2) is 0 Å². The number of halogens is 1. The molecule has 1 fully saturated rings. The molecule has 3 rings (SSSR count). The van der Waals surface area contributed by atoms with Gasteiger partial charge in [0.05, 0.1) is 18.5 Å². The molecule has 0 aromatic heterocycles. The fourth-order valence-electron chi connectivity index (χ4n) is 2.70. The maximum absolute atomic E-state index is 12.5. The van der Waals surface area contributed by atoms with Crippen LogP contribution in [0.3, 0.4) is 0 Å². The molecule has 25 heavy (non-hydrogen) atoms. The lowest BCUT2D eigenvalue weighted by molar-refractivity contribution is -0.136. The summed E-state index contributed by atoms with van der Waals surface area (Å²) < 4.78 is 0. The summed E-state index contributed by atoms with van der Waals surface area (Å²) in [5, 5.41) is 12.3. The predicted octanol–water partition coefficient (Wildman–Crippen LogP) is 2.71. The summed E-state index contributed by atoms with van der Waals surface area (Å²) >= 11 is 5.83. The van der Waals surface area contributed by atoms with Crippen LogP contribution in [-0.4, -0.2) is 28.9 Å². The molecule has 2 N–H and O–H groups in total. The van der Waals surface area contributed by atoms with E-state index in [0.717, 1.165) is 4.90 Å². The summed E-state index contributed by atoms with van der Waals surface area (Å²) in [4.78, 5) is 36.6. The summed E-state index contributed by atoms with van der Waals surface area (Å²) in [6, 6.07) is 12.6. The van der Waals surface area contributed by atoms with Gasteiger partial charge in [0.1, 0.15) is 6.04 Å². The van der Waals surface area contributed by atoms with Crippen LogP contribution < -0.4 is 10.2 Å². The number of nitrogens with one attached hydrogen (secondary N) is 1. The second kappa shape index (κ2) is 6.94. The third kappa shape index (κ3) is 3.80. The highest BCUT2D eigenvalue weighted by Crippen LogP contribution is 2.26. The van der Waals surface area contributed by atoms with Crippen molar-refractivity contribution in [2.75, 3.05) is 10.2 Å². The van der Waals surface area contributed by atoms with Crippen molar-refractivity contribution in [3.8, 4) is 0 Å². The molecule has 1 heterocycles. The highest BCUT2D eigenvalue weighted by molar-refractivity contribution is 6.30. The lowest BCUT2D eigenvalue weighted by atomic mass is 10.1. The molecule has 0 radical (unpaired) electrons. The molecule has 0 bridgehead atoms. The summed E-state index contributed by atoms with van der Waals surface area (Å²) in [6.45, 7) is 0. The first-order valence-electron chi connectivity index (χ1n) is 7.63. The molecule has 0 saturated carbocycles. The molecule has 1 atom stereocenters. The van der Waals surface area contributed by atoms with E-state index >= 15 is 0 Å². The highest BCUT2D eigenvalue weighted by Gasteiger charge is 2.39. The minimum absolute atomic E-state index is 0.0539. The van der Waals surface area contributed by atoms with Crippen LogP contribution >= 0.6 is 11.6 Å². The van der Waals surface area contributed by atoms with Gasteiger partial charge >= 0.3 is 5.97 Å². The first-order valence-corrected chi connectivity index (χ1v) is 8.01. The fraction of sp³-hybridized carbons (Fsp3) is 0.167. The zero-order chi connectivity index (χ0) is 18.0. The number of nitrogens with zero attached hydrogens (tertiary/aromatic N) is 1. The van der Waals surface area contributed by atoms with Gasteiger partial charge in [-0.2, -0.15) is 0 Å². The van der Waals surface area contributed by atoms with Gasteiger partial charge in [-0.3, -0.25) is 14.4 Å². The van der Waals surface area contributed by atoms with Crippen molar-refractivity contribution in [2.24, 2.45) is 0 Å². The molecular weight excluding hydrogens is 344 g/mol. The van der Waals surface area contributed by atoms with Gasteiger partial charge in [0.2, 0.25) is 5.91 Å². The largest absolute Gasteiger partial charge is 0.481 e. The minimum Gasteiger partial charge on any atom is -0.481 e. The maximum atomic E-state index is 12.5. The Labute approximate surface area is 149 Å². The molecule has 1 saturated heterocycles. The zero-order valence-electron chi connectivity index (χ0n) is 13.1. The van der Waals surface area contributed by atoms with Gasteiger partial charge < -0.3 is 10.4 Å². The number of carbonyl (C=O) groups is 3. The Balaban J connectivity index is 1.71. The number of amides is 2. The molecule has 6 nitrogen and oxygen atoms in total. The third-order valence-electron chi connectivity index (χ3n) is 3.88. The number of benzene rings is 2. The number of imide groups is 1. The second-order valence-corrected chi connectivity index (χ2v) is 6.15. The molecule has 2 amide bonds. The van der Waals surface area contributed by atoms with Crippen molar-refractivity contribution in [3.63, 3.8) is 0 Å². The molecule has 7 heteroatoms. The molecule has 2 aromatic rings. The van der Waals surface area contributed by atoms with E-state index in [1.54, 1.807) is 48.5 Å². The first kappa shape index (κ1) is 17.0. The molecular formula is C18H15ClN2O4. The minimum atomic E-state index is -0.907. The van der Waals surface area contributed by atoms with Crippen molar-refractivity contribution < 1.29 is 19.5 Å². The average molecular weight is 359 g/mol. The van der Waals surface area contributed by atoms with Gasteiger partial charge in [-0.15, -0.1) is 0 Å². The van der Waals surface area contributed by atoms with Crippen LogP contribution in [0.2, 0.25) is 5.02 Å². The Morgan fingerprint density at radius 3 is 2.36 bits per heavy atom. The van der Waals surface area contributed by atoms with Crippen LogP contribution in [0.5, 0.6) is 0 Å². The van der Waals surface area contributed by atoms with Crippen LogP contribution in [0.25, 0.3) is 0 Å². The third-order valence-corrected chi connectivity index (χ3v) is 4.13. The summed E-state index contributed by atoms with van der Waals surface area (Å²) in [5.41, 5.74) is 1.80. The predicted molar refractivity (Wildman–Crippen MR) is 93.8 cm³/mol. The van der Waals surface area contributed by atoms with Gasteiger partial charge in [0, 0.05) is 10.7 Å². The second-order valence-electron chi connectivity index (χ2n) is 5.71. The van der Waals surface area contributed by atoms with Crippen LogP contribution in [-0.2, 0) is 20.8 Å². The first-order chi connectivity index (χ1) is 11.9. The van der Waals surface area contributed by atoms with E-state index in [0.29, 0.717) is 22.0 Å². The van der Waals surface area contributed by atoms with Crippen molar-refractivity contribution in [2.45, 2.75) is 18.9 Å². The Morgan fingerprint density at radius 2 is 1.76 bits per heavy atom. The van der Waals surface area contributed by atoms with Crippen molar-refractivity contribution in [3.05, 3.63) is 59.1 Å². The fourth-order valence-corrected chi connectivity index (χ4v) is 2.83. The molecule has 1 aliphatic rings. The number of rotatable bonds is 5. The molecule has 0 aliphatic carbocycles. The summed E-state index contributed by atoms with van der Waals surface area (Å²) in [5.74, 6) is -1.52. The summed E-state index contributed by atoms with van der Waals surface area (Å²) in [7, 11) is 0. The number of carboxylic acid groups (broad SMARTS) is 1. The van der Waals surface area contributed by atoms with Gasteiger partial charge in [0.25, 0.3) is 5.91 Å². The van der Waals surface area contributed by atoms with Gasteiger partial charge in [-0.1, -0.05) is 23.7 Å². The van der Waals surface area contributed by atoms with Crippen LogP contribution in [0.1, 0.15) is 12.0 Å². The smallest absolute Gasteiger partial charge is 0.307 e. The normalized spacial score (nSPS) is 17.0. The van der Waals surface area contributed by atoms with Crippen molar-refractivity contribution in [1.82, 2.24) is 0 Å². The molecule has 128 valence electrons. The molecule has 2 aromatic carbocycles. The maximum Gasteiger partial charge on any atom is 0.307 e. The molecule has 1 unspecified atom stereocenters. The van der Waals surface area contributed by atoms with E-state index in [9.17, 15) is 14.4 Å². The number of hydrogen-bond donors (Lipinski definition) is 2. The number of carbonyl (C=O) groups excluding carboxylic acids is 2. The quantitative estimate of drug-likeness (QED) is 0.802. The van der Waals surface area contributed by atoms with E-state index in [1.807, 2.05) is 0 Å². The van der Waals surface area contributed by atoms with E-state index in [1.165, 1.54) is 0 Å². The average Bonchev–Trinajstić information content (AvgIpc) is 2.84. The Hall–Kier alpha value is -2.86. The van der Waals surface area contributed by atoms with Crippen molar-refractivity contribution in [1.29, 1.82) is 0 Å². The van der Waals surface area contributed by atoms with Gasteiger partial charge in [-0.05, 0) is 42.0 Å². The monoisotopic (exact) mass is 358 g/mol. The van der Waals surface area contributed by atoms with E-state index < -0.39 is 12.0 Å². The van der Waals surface area contributed by atoms with Crippen molar-refractivity contribution >= 4 is 40.8 Å². The van der Waals surface area contributed by atoms with E-state index in [2.05, 4.69) is 5.32 Å². The highest BCUT2D eigenvalue weighted by atomic mass is 35.5. The number of anilines is 2. The number of carboxylic acids is 1. The topological polar surface area (TPSA) is 86.7 Å². The Kier molecular flexibility index (Phi) is 4.72. The lowest BCUT2D eigenvalue weighted by Gasteiger charge is -2.16. The lowest BCUT2D eigenvalue weighted by Crippen LogP contribution is -2.34. The van der Waals surface area contributed by atoms with Crippen LogP contribution in [0.15, 0.2) is 48.5 Å². The summed E-state index contributed by atoms with van der Waals surface area (Å²) in [6.07, 6.45) is -0.0101. The Bertz CT molecular complexity index is 818. The zero-order valence-corrected chi connectivity index (χ0v) is 13.9. The standard InChI is InChI=1S/C18H15ClN2O4/c19-12-3-7-14(8-4-12)21-16(22)10-15(18(21)25)20-13-5-1-11(2-6-13)9-17(23)24/h1-8,15,20H,9-10H2,(H,23,24).